The summed E-state index contributed by atoms with van der Waals surface area (Å²) in [6.07, 6.45) is 3.53. The Labute approximate surface area is 184 Å². The maximum absolute atomic E-state index is 12.9. The largest absolute Gasteiger partial charge is 0.338 e. The Morgan fingerprint density at radius 2 is 2.03 bits per heavy atom. The molecule has 1 aromatic carbocycles. The first-order valence-electron chi connectivity index (χ1n) is 10.2. The van der Waals surface area contributed by atoms with Gasteiger partial charge in [-0.05, 0) is 43.0 Å². The number of carbonyl (C=O) groups excluding carboxylic acids is 2. The maximum atomic E-state index is 12.9. The minimum Gasteiger partial charge on any atom is -0.338 e. The van der Waals surface area contributed by atoms with Crippen molar-refractivity contribution < 1.29 is 9.59 Å². The first-order chi connectivity index (χ1) is 15.1. The van der Waals surface area contributed by atoms with Gasteiger partial charge in [-0.25, -0.2) is 14.3 Å². The second-order valence-electron chi connectivity index (χ2n) is 7.20. The van der Waals surface area contributed by atoms with Crippen molar-refractivity contribution in [3.05, 3.63) is 70.2 Å². The summed E-state index contributed by atoms with van der Waals surface area (Å²) in [6, 6.07) is 12.9. The first kappa shape index (κ1) is 20.7. The summed E-state index contributed by atoms with van der Waals surface area (Å²) >= 11 is 1.40. The molecular formula is C23H23N5O2S. The van der Waals surface area contributed by atoms with Gasteiger partial charge >= 0.3 is 6.03 Å². The van der Waals surface area contributed by atoms with E-state index in [-0.39, 0.29) is 11.8 Å². The number of thiophene rings is 1. The summed E-state index contributed by atoms with van der Waals surface area (Å²) in [4.78, 5) is 30.2. The molecule has 0 aliphatic heterocycles. The van der Waals surface area contributed by atoms with E-state index in [2.05, 4.69) is 27.6 Å². The molecule has 31 heavy (non-hydrogen) atoms. The predicted molar refractivity (Wildman–Crippen MR) is 123 cm³/mol. The van der Waals surface area contributed by atoms with Gasteiger partial charge in [-0.2, -0.15) is 5.10 Å². The van der Waals surface area contributed by atoms with Crippen LogP contribution in [-0.2, 0) is 0 Å². The minimum absolute atomic E-state index is 0.0896. The molecule has 0 radical (unpaired) electrons. The van der Waals surface area contributed by atoms with Crippen LogP contribution in [0.1, 0.15) is 40.7 Å². The number of nitrogens with one attached hydrogen (secondary N) is 2. The van der Waals surface area contributed by atoms with Gasteiger partial charge in [0.05, 0.1) is 22.3 Å². The van der Waals surface area contributed by atoms with Crippen LogP contribution in [0.5, 0.6) is 0 Å². The Hall–Kier alpha value is -3.52. The fraction of sp³-hybridized carbons (Fsp3) is 0.217. The van der Waals surface area contributed by atoms with Crippen molar-refractivity contribution in [2.24, 2.45) is 0 Å². The molecule has 158 valence electrons. The topological polar surface area (TPSA) is 88.4 Å². The van der Waals surface area contributed by atoms with Gasteiger partial charge in [-0.1, -0.05) is 31.5 Å². The molecule has 0 aliphatic carbocycles. The molecule has 0 saturated heterocycles. The molecule has 0 atom stereocenters. The quantitative estimate of drug-likeness (QED) is 0.320. The van der Waals surface area contributed by atoms with Crippen LogP contribution < -0.4 is 10.6 Å². The van der Waals surface area contributed by atoms with Gasteiger partial charge in [-0.15, -0.1) is 11.3 Å². The van der Waals surface area contributed by atoms with Crippen LogP contribution in [-0.4, -0.2) is 33.0 Å². The number of aryl methyl sites for hydroxylation is 1. The summed E-state index contributed by atoms with van der Waals surface area (Å²) < 4.78 is 1.67. The lowest BCUT2D eigenvalue weighted by Gasteiger charge is -2.10. The molecule has 0 saturated carbocycles. The van der Waals surface area contributed by atoms with E-state index >= 15 is 0 Å². The van der Waals surface area contributed by atoms with Crippen molar-refractivity contribution >= 4 is 34.5 Å². The Morgan fingerprint density at radius 3 is 2.81 bits per heavy atom. The Balaban J connectivity index is 1.67. The van der Waals surface area contributed by atoms with E-state index in [0.29, 0.717) is 28.3 Å². The zero-order valence-corrected chi connectivity index (χ0v) is 18.2. The van der Waals surface area contributed by atoms with Gasteiger partial charge in [0, 0.05) is 23.5 Å². The molecule has 3 heterocycles. The van der Waals surface area contributed by atoms with Gasteiger partial charge in [0.25, 0.3) is 0 Å². The maximum Gasteiger partial charge on any atom is 0.319 e. The molecule has 0 bridgehead atoms. The van der Waals surface area contributed by atoms with Gasteiger partial charge in [-0.3, -0.25) is 4.79 Å². The second kappa shape index (κ2) is 9.09. The number of carbonyl (C=O) groups is 2. The van der Waals surface area contributed by atoms with Crippen LogP contribution in [0, 0.1) is 6.92 Å². The molecular weight excluding hydrogens is 410 g/mol. The lowest BCUT2D eigenvalue weighted by molar-refractivity contribution is 0.104. The van der Waals surface area contributed by atoms with Crippen molar-refractivity contribution in [1.29, 1.82) is 0 Å². The number of hydrogen-bond acceptors (Lipinski definition) is 5. The van der Waals surface area contributed by atoms with Crippen LogP contribution in [0.3, 0.4) is 0 Å². The Kier molecular flexibility index (Phi) is 6.08. The lowest BCUT2D eigenvalue weighted by Crippen LogP contribution is -2.29. The number of fused-ring (bicyclic) bond motifs is 1. The summed E-state index contributed by atoms with van der Waals surface area (Å²) in [5.74, 6) is -0.0896. The summed E-state index contributed by atoms with van der Waals surface area (Å²) in [6.45, 7) is 4.61. The van der Waals surface area contributed by atoms with Crippen molar-refractivity contribution in [2.75, 3.05) is 11.9 Å². The monoisotopic (exact) mass is 433 g/mol. The number of benzene rings is 1. The molecule has 3 aromatic heterocycles. The van der Waals surface area contributed by atoms with Crippen molar-refractivity contribution in [3.63, 3.8) is 0 Å². The number of unbranched alkanes of at least 4 members (excludes halogenated alkanes) is 1. The van der Waals surface area contributed by atoms with Crippen LogP contribution in [0.4, 0.5) is 10.5 Å². The smallest absolute Gasteiger partial charge is 0.319 e. The van der Waals surface area contributed by atoms with E-state index in [1.165, 1.54) is 11.3 Å². The number of ketones is 1. The first-order valence-corrected chi connectivity index (χ1v) is 11.0. The summed E-state index contributed by atoms with van der Waals surface area (Å²) in [7, 11) is 0. The van der Waals surface area contributed by atoms with Crippen LogP contribution in [0.15, 0.2) is 54.0 Å². The Morgan fingerprint density at radius 1 is 1.16 bits per heavy atom. The highest BCUT2D eigenvalue weighted by atomic mass is 32.1. The number of rotatable bonds is 7. The highest BCUT2D eigenvalue weighted by Gasteiger charge is 2.19. The SMILES string of the molecule is CCCCNC(=O)Nc1cccc(-c2cc(C)nc3c(C(=O)c4cccs4)cnn23)c1. The lowest BCUT2D eigenvalue weighted by atomic mass is 10.1. The van der Waals surface area contributed by atoms with E-state index in [1.54, 1.807) is 16.8 Å². The van der Waals surface area contributed by atoms with Gasteiger partial charge in [0.15, 0.2) is 5.65 Å². The van der Waals surface area contributed by atoms with Gasteiger partial charge in [0.1, 0.15) is 0 Å². The molecule has 0 spiro atoms. The number of aromatic nitrogens is 3. The average molecular weight is 434 g/mol. The normalized spacial score (nSPS) is 10.9. The number of anilines is 1. The highest BCUT2D eigenvalue weighted by molar-refractivity contribution is 7.12. The molecule has 8 heteroatoms. The van der Waals surface area contributed by atoms with Crippen LogP contribution in [0.2, 0.25) is 0 Å². The third kappa shape index (κ3) is 4.49. The number of amides is 2. The summed E-state index contributed by atoms with van der Waals surface area (Å²) in [5.41, 5.74) is 4.10. The number of urea groups is 1. The molecule has 7 nitrogen and oxygen atoms in total. The zero-order chi connectivity index (χ0) is 21.8. The third-order valence-electron chi connectivity index (χ3n) is 4.82. The van der Waals surface area contributed by atoms with Gasteiger partial charge < -0.3 is 10.6 Å². The van der Waals surface area contributed by atoms with Gasteiger partial charge in [0.2, 0.25) is 5.78 Å². The fourth-order valence-corrected chi connectivity index (χ4v) is 3.98. The molecule has 2 N–H and O–H groups in total. The van der Waals surface area contributed by atoms with Crippen LogP contribution in [0.25, 0.3) is 16.9 Å². The predicted octanol–water partition coefficient (Wildman–Crippen LogP) is 4.92. The second-order valence-corrected chi connectivity index (χ2v) is 8.15. The molecule has 4 rings (SSSR count). The highest BCUT2D eigenvalue weighted by Crippen LogP contribution is 2.26. The number of hydrogen-bond donors (Lipinski definition) is 2. The van der Waals surface area contributed by atoms with E-state index in [4.69, 9.17) is 0 Å². The van der Waals surface area contributed by atoms with Crippen LogP contribution >= 0.6 is 11.3 Å². The molecule has 0 aliphatic rings. The molecule has 0 unspecified atom stereocenters. The van der Waals surface area contributed by atoms with Crippen molar-refractivity contribution in [2.45, 2.75) is 26.7 Å². The van der Waals surface area contributed by atoms with E-state index in [0.717, 1.165) is 29.8 Å². The minimum atomic E-state index is -0.232. The van der Waals surface area contributed by atoms with Crippen molar-refractivity contribution in [1.82, 2.24) is 19.9 Å². The summed E-state index contributed by atoms with van der Waals surface area (Å²) in [5, 5.41) is 12.0. The third-order valence-corrected chi connectivity index (χ3v) is 5.69. The average Bonchev–Trinajstić information content (AvgIpc) is 3.43. The zero-order valence-electron chi connectivity index (χ0n) is 17.4. The number of nitrogens with zero attached hydrogens (tertiary/aromatic N) is 3. The van der Waals surface area contributed by atoms with Crippen molar-refractivity contribution in [3.8, 4) is 11.3 Å². The molecule has 2 amide bonds. The molecule has 0 fully saturated rings. The van der Waals surface area contributed by atoms with E-state index in [1.807, 2.05) is 48.7 Å². The van der Waals surface area contributed by atoms with E-state index in [9.17, 15) is 9.59 Å². The Bertz CT molecular complexity index is 1230. The fourth-order valence-electron chi connectivity index (χ4n) is 3.30. The van der Waals surface area contributed by atoms with E-state index < -0.39 is 0 Å². The standard InChI is InChI=1S/C23H23N5O2S/c1-3-4-10-24-23(30)27-17-8-5-7-16(13-17)19-12-15(2)26-22-18(14-25-28(19)22)21(29)20-9-6-11-31-20/h5-9,11-14H,3-4,10H2,1-2H3,(H2,24,27,30). The molecule has 4 aromatic rings.